The third-order valence-corrected chi connectivity index (χ3v) is 5.42. The third kappa shape index (κ3) is 2.78. The molecule has 0 spiro atoms. The number of nitrogens with zero attached hydrogens (tertiary/aromatic N) is 1. The molecule has 0 saturated carbocycles. The molecule has 0 bridgehead atoms. The summed E-state index contributed by atoms with van der Waals surface area (Å²) in [5.74, 6) is -3.10. The number of pyridine rings is 1. The highest BCUT2D eigenvalue weighted by molar-refractivity contribution is 7.22. The highest BCUT2D eigenvalue weighted by Gasteiger charge is 2.44. The minimum Gasteiger partial charge on any atom is -0.381 e. The monoisotopic (exact) mass is 367 g/mol. The van der Waals surface area contributed by atoms with Gasteiger partial charge in [-0.15, -0.1) is 11.3 Å². The summed E-state index contributed by atoms with van der Waals surface area (Å²) in [6.45, 7) is 0.586. The molecule has 1 aliphatic rings. The molecular weight excluding hydrogens is 352 g/mol. The second-order valence-electron chi connectivity index (χ2n) is 6.42. The maximum Gasteiger partial charge on any atom is 0.266 e. The Balaban J connectivity index is 1.92. The van der Waals surface area contributed by atoms with Crippen LogP contribution in [-0.2, 0) is 16.9 Å². The normalized spacial score (nSPS) is 20.8. The number of hydrogen-bond donors (Lipinski definition) is 3. The summed E-state index contributed by atoms with van der Waals surface area (Å²) in [6, 6.07) is 1.80. The van der Waals surface area contributed by atoms with E-state index in [1.54, 1.807) is 18.5 Å². The quantitative estimate of drug-likeness (QED) is 0.664. The molecule has 1 aliphatic heterocycles. The maximum atomic E-state index is 13.5. The molecule has 9 heteroatoms. The smallest absolute Gasteiger partial charge is 0.266 e. The zero-order chi connectivity index (χ0) is 17.8. The first-order valence-electron chi connectivity index (χ1n) is 7.63. The molecule has 1 unspecified atom stereocenters. The summed E-state index contributed by atoms with van der Waals surface area (Å²) < 4.78 is 32.9. The molecule has 0 saturated heterocycles. The van der Waals surface area contributed by atoms with Crippen molar-refractivity contribution in [1.82, 2.24) is 15.2 Å². The summed E-state index contributed by atoms with van der Waals surface area (Å²) in [6.07, 6.45) is 2.51. The van der Waals surface area contributed by atoms with Crippen molar-refractivity contribution < 1.29 is 18.6 Å². The molecule has 0 radical (unpaired) electrons. The van der Waals surface area contributed by atoms with Crippen molar-refractivity contribution in [2.45, 2.75) is 31.5 Å². The van der Waals surface area contributed by atoms with Crippen molar-refractivity contribution in [3.63, 3.8) is 0 Å². The van der Waals surface area contributed by atoms with Crippen molar-refractivity contribution in [2.75, 3.05) is 6.61 Å². The van der Waals surface area contributed by atoms with E-state index in [1.807, 2.05) is 0 Å². The number of H-pyrrole nitrogens is 2. The fourth-order valence-electron chi connectivity index (χ4n) is 3.29. The lowest BCUT2D eigenvalue weighted by Crippen LogP contribution is -2.42. The van der Waals surface area contributed by atoms with Gasteiger partial charge in [0.2, 0.25) is 5.92 Å². The van der Waals surface area contributed by atoms with Gasteiger partial charge in [-0.05, 0) is 13.0 Å². The van der Waals surface area contributed by atoms with E-state index in [-0.39, 0.29) is 18.9 Å². The van der Waals surface area contributed by atoms with E-state index in [2.05, 4.69) is 15.2 Å². The summed E-state index contributed by atoms with van der Waals surface area (Å²) in [5.41, 5.74) is -0.862. The molecule has 0 aliphatic carbocycles. The first kappa shape index (κ1) is 16.4. The van der Waals surface area contributed by atoms with E-state index < -0.39 is 23.5 Å². The summed E-state index contributed by atoms with van der Waals surface area (Å²) >= 11 is 1.28. The predicted molar refractivity (Wildman–Crippen MR) is 88.8 cm³/mol. The highest BCUT2D eigenvalue weighted by Crippen LogP contribution is 2.41. The number of aliphatic hydroxyl groups is 1. The van der Waals surface area contributed by atoms with Crippen LogP contribution in [0.4, 0.5) is 8.78 Å². The molecule has 4 rings (SSSR count). The van der Waals surface area contributed by atoms with E-state index in [0.29, 0.717) is 15.6 Å². The minimum absolute atomic E-state index is 0.120. The number of aromatic nitrogens is 3. The molecular formula is C16H15F2N3O3S. The summed E-state index contributed by atoms with van der Waals surface area (Å²) in [4.78, 5) is 15.9. The van der Waals surface area contributed by atoms with Gasteiger partial charge in [-0.1, -0.05) is 0 Å². The van der Waals surface area contributed by atoms with Crippen LogP contribution in [0.15, 0.2) is 23.3 Å². The highest BCUT2D eigenvalue weighted by atomic mass is 32.1. The molecule has 25 heavy (non-hydrogen) atoms. The molecule has 6 nitrogen and oxygen atoms in total. The van der Waals surface area contributed by atoms with Crippen molar-refractivity contribution in [2.24, 2.45) is 0 Å². The van der Waals surface area contributed by atoms with Gasteiger partial charge >= 0.3 is 0 Å². The Morgan fingerprint density at radius 1 is 1.52 bits per heavy atom. The van der Waals surface area contributed by atoms with Crippen LogP contribution in [0.5, 0.6) is 0 Å². The van der Waals surface area contributed by atoms with Crippen LogP contribution in [0.25, 0.3) is 20.5 Å². The first-order chi connectivity index (χ1) is 11.8. The number of fused-ring (bicyclic) bond motifs is 3. The molecule has 0 amide bonds. The lowest BCUT2D eigenvalue weighted by Gasteiger charge is -2.35. The molecule has 0 aromatic carbocycles. The maximum absolute atomic E-state index is 13.5. The number of rotatable bonds is 3. The average Bonchev–Trinajstić information content (AvgIpc) is 3.15. The minimum atomic E-state index is -3.10. The van der Waals surface area contributed by atoms with Gasteiger partial charge in [-0.25, -0.2) is 8.78 Å². The van der Waals surface area contributed by atoms with E-state index >= 15 is 0 Å². The lowest BCUT2D eigenvalue weighted by molar-refractivity contribution is -0.132. The Morgan fingerprint density at radius 2 is 2.32 bits per heavy atom. The standard InChI is InChI=1S/C16H15F2N3O3S/c1-15(17,18)6-16(23)7-24-5-10-9-2-11(8-3-19-20-4-8)25-12(9)14(22)21-13(10)16/h2-4,23H,5-7H2,1H3,(H,19,20)(H,21,22). The van der Waals surface area contributed by atoms with E-state index in [9.17, 15) is 18.7 Å². The average molecular weight is 367 g/mol. The molecule has 3 N–H and O–H groups in total. The fourth-order valence-corrected chi connectivity index (χ4v) is 4.35. The van der Waals surface area contributed by atoms with Crippen molar-refractivity contribution in [3.05, 3.63) is 40.1 Å². The van der Waals surface area contributed by atoms with Crippen molar-refractivity contribution in [1.29, 1.82) is 0 Å². The van der Waals surface area contributed by atoms with Crippen molar-refractivity contribution in [3.8, 4) is 10.4 Å². The van der Waals surface area contributed by atoms with E-state index in [1.165, 1.54) is 11.3 Å². The summed E-state index contributed by atoms with van der Waals surface area (Å²) in [7, 11) is 0. The fraction of sp³-hybridized carbons (Fsp3) is 0.375. The number of nitrogens with one attached hydrogen (secondary N) is 2. The molecule has 4 heterocycles. The van der Waals surface area contributed by atoms with Crippen LogP contribution in [0.3, 0.4) is 0 Å². The first-order valence-corrected chi connectivity index (χ1v) is 8.45. The number of aromatic amines is 2. The number of hydrogen-bond acceptors (Lipinski definition) is 5. The van der Waals surface area contributed by atoms with Crippen molar-refractivity contribution >= 4 is 21.4 Å². The Hall–Kier alpha value is -2.10. The predicted octanol–water partition coefficient (Wildman–Crippen LogP) is 2.74. The van der Waals surface area contributed by atoms with Crippen LogP contribution in [0.2, 0.25) is 0 Å². The van der Waals surface area contributed by atoms with Gasteiger partial charge in [0.1, 0.15) is 10.3 Å². The van der Waals surface area contributed by atoms with Crippen LogP contribution in [0.1, 0.15) is 24.6 Å². The van der Waals surface area contributed by atoms with Gasteiger partial charge in [0.15, 0.2) is 0 Å². The van der Waals surface area contributed by atoms with Crippen LogP contribution >= 0.6 is 11.3 Å². The number of thiophene rings is 1. The van der Waals surface area contributed by atoms with Gasteiger partial charge in [0, 0.05) is 34.0 Å². The molecule has 1 atom stereocenters. The zero-order valence-electron chi connectivity index (χ0n) is 13.2. The van der Waals surface area contributed by atoms with E-state index in [4.69, 9.17) is 4.74 Å². The van der Waals surface area contributed by atoms with Gasteiger partial charge in [0.25, 0.3) is 5.56 Å². The molecule has 0 fully saturated rings. The Morgan fingerprint density at radius 3 is 3.00 bits per heavy atom. The van der Waals surface area contributed by atoms with Gasteiger partial charge in [0.05, 0.1) is 25.1 Å². The van der Waals surface area contributed by atoms with Crippen LogP contribution < -0.4 is 5.56 Å². The Labute approximate surface area is 144 Å². The lowest BCUT2D eigenvalue weighted by atomic mass is 9.87. The molecule has 132 valence electrons. The Kier molecular flexibility index (Phi) is 3.57. The van der Waals surface area contributed by atoms with Gasteiger partial charge in [-0.3, -0.25) is 9.89 Å². The molecule has 3 aromatic heterocycles. The van der Waals surface area contributed by atoms with Gasteiger partial charge in [-0.2, -0.15) is 5.10 Å². The summed E-state index contributed by atoms with van der Waals surface area (Å²) in [5, 5.41) is 18.0. The van der Waals surface area contributed by atoms with E-state index in [0.717, 1.165) is 17.4 Å². The number of alkyl halides is 2. The second-order valence-corrected chi connectivity index (χ2v) is 7.47. The van der Waals surface area contributed by atoms with Gasteiger partial charge < -0.3 is 14.8 Å². The number of halogens is 2. The SMILES string of the molecule is CC(F)(F)CC1(O)COCc2c1[nH]c(=O)c1sc(-c3cn[nH]c3)cc21. The van der Waals surface area contributed by atoms with Crippen LogP contribution in [0, 0.1) is 0 Å². The third-order valence-electron chi connectivity index (χ3n) is 4.24. The molecule has 3 aromatic rings. The van der Waals surface area contributed by atoms with Crippen LogP contribution in [-0.4, -0.2) is 32.8 Å². The zero-order valence-corrected chi connectivity index (χ0v) is 14.0. The second kappa shape index (κ2) is 5.45. The topological polar surface area (TPSA) is 91.0 Å². The largest absolute Gasteiger partial charge is 0.381 e. The number of ether oxygens (including phenoxy) is 1. The Bertz CT molecular complexity index is 991.